The number of piperidine rings is 2. The molecule has 1 N–H and O–H groups in total. The van der Waals surface area contributed by atoms with Crippen molar-refractivity contribution in [1.82, 2.24) is 9.80 Å². The lowest BCUT2D eigenvalue weighted by Crippen LogP contribution is -2.53. The zero-order valence-corrected chi connectivity index (χ0v) is 24.8. The highest BCUT2D eigenvalue weighted by Gasteiger charge is 2.52. The second-order valence-corrected chi connectivity index (χ2v) is 11.9. The van der Waals surface area contributed by atoms with Gasteiger partial charge < -0.3 is 19.3 Å². The molecular formula is C33H40N2O8. The van der Waals surface area contributed by atoms with Gasteiger partial charge >= 0.3 is 23.9 Å². The highest BCUT2D eigenvalue weighted by atomic mass is 16.6. The normalized spacial score (nSPS) is 31.3. The Morgan fingerprint density at radius 3 is 1.51 bits per heavy atom. The minimum atomic E-state index is -0.877. The molecule has 0 unspecified atom stereocenters. The first-order chi connectivity index (χ1) is 20.7. The number of rotatable bonds is 6. The first kappa shape index (κ1) is 30.7. The van der Waals surface area contributed by atoms with Gasteiger partial charge in [0.15, 0.2) is 0 Å². The van der Waals surface area contributed by atoms with E-state index in [-0.39, 0.29) is 24.0 Å². The topological polar surface area (TPSA) is 123 Å². The fourth-order valence-electron chi connectivity index (χ4n) is 7.41. The van der Waals surface area contributed by atoms with Gasteiger partial charge in [-0.1, -0.05) is 36.4 Å². The van der Waals surface area contributed by atoms with E-state index in [1.165, 1.54) is 7.11 Å². The van der Waals surface area contributed by atoms with Crippen molar-refractivity contribution in [3.63, 3.8) is 0 Å². The smallest absolute Gasteiger partial charge is 0.338 e. The predicted octanol–water partition coefficient (Wildman–Crippen LogP) is 3.65. The molecule has 0 aliphatic carbocycles. The summed E-state index contributed by atoms with van der Waals surface area (Å²) in [4.78, 5) is 52.6. The first-order valence-corrected chi connectivity index (χ1v) is 15.0. The van der Waals surface area contributed by atoms with E-state index >= 15 is 0 Å². The van der Waals surface area contributed by atoms with Crippen LogP contribution in [0.3, 0.4) is 0 Å². The molecule has 8 atom stereocenters. The van der Waals surface area contributed by atoms with Crippen LogP contribution in [0.2, 0.25) is 0 Å². The summed E-state index contributed by atoms with van der Waals surface area (Å²) >= 11 is 0. The number of hydrogen-bond donors (Lipinski definition) is 1. The maximum absolute atomic E-state index is 12.3. The minimum Gasteiger partial charge on any atom is -0.481 e. The Kier molecular flexibility index (Phi) is 9.46. The van der Waals surface area contributed by atoms with Crippen LogP contribution in [0.1, 0.15) is 59.2 Å². The van der Waals surface area contributed by atoms with E-state index < -0.39 is 36.0 Å². The summed E-state index contributed by atoms with van der Waals surface area (Å²) in [6, 6.07) is 18.4. The van der Waals surface area contributed by atoms with Crippen molar-refractivity contribution in [3.05, 3.63) is 71.8 Å². The summed E-state index contributed by atoms with van der Waals surface area (Å²) in [6.07, 6.45) is 4.15. The molecule has 0 spiro atoms. The van der Waals surface area contributed by atoms with Gasteiger partial charge in [0.25, 0.3) is 0 Å². The van der Waals surface area contributed by atoms with Gasteiger partial charge in [-0.2, -0.15) is 0 Å². The van der Waals surface area contributed by atoms with Crippen LogP contribution in [0.25, 0.3) is 0 Å². The average Bonchev–Trinajstić information content (AvgIpc) is 3.38. The lowest BCUT2D eigenvalue weighted by molar-refractivity contribution is -0.156. The number of carbonyl (C=O) groups is 4. The molecule has 0 saturated carbocycles. The van der Waals surface area contributed by atoms with Crippen molar-refractivity contribution in [2.45, 2.75) is 74.9 Å². The summed E-state index contributed by atoms with van der Waals surface area (Å²) < 4.78 is 16.2. The van der Waals surface area contributed by atoms with E-state index in [0.29, 0.717) is 36.1 Å². The molecule has 10 heteroatoms. The number of nitrogens with zero attached hydrogens (tertiary/aromatic N) is 2. The van der Waals surface area contributed by atoms with Gasteiger partial charge in [-0.3, -0.25) is 19.4 Å². The molecule has 4 aliphatic heterocycles. The van der Waals surface area contributed by atoms with Crippen LogP contribution < -0.4 is 0 Å². The Morgan fingerprint density at radius 2 is 1.09 bits per heavy atom. The fourth-order valence-corrected chi connectivity index (χ4v) is 7.41. The van der Waals surface area contributed by atoms with Crippen molar-refractivity contribution >= 4 is 23.9 Å². The van der Waals surface area contributed by atoms with Gasteiger partial charge in [0.1, 0.15) is 24.0 Å². The van der Waals surface area contributed by atoms with Gasteiger partial charge in [-0.25, -0.2) is 9.59 Å². The first-order valence-electron chi connectivity index (χ1n) is 15.0. The maximum atomic E-state index is 12.3. The van der Waals surface area contributed by atoms with Crippen molar-refractivity contribution in [2.24, 2.45) is 11.8 Å². The number of fused-ring (bicyclic) bond motifs is 4. The van der Waals surface area contributed by atoms with Crippen LogP contribution in [0.5, 0.6) is 0 Å². The van der Waals surface area contributed by atoms with Gasteiger partial charge in [0.05, 0.1) is 18.2 Å². The molecule has 6 rings (SSSR count). The molecule has 2 aromatic rings. The second-order valence-electron chi connectivity index (χ2n) is 11.9. The lowest BCUT2D eigenvalue weighted by Gasteiger charge is -2.40. The summed E-state index contributed by atoms with van der Waals surface area (Å²) in [5, 5.41) is 9.51. The molecule has 4 fully saturated rings. The Bertz CT molecular complexity index is 1300. The summed E-state index contributed by atoms with van der Waals surface area (Å²) in [5.74, 6) is -3.01. The molecule has 4 bridgehead atoms. The van der Waals surface area contributed by atoms with Crippen molar-refractivity contribution in [2.75, 3.05) is 21.2 Å². The number of esters is 3. The zero-order chi connectivity index (χ0) is 30.7. The Hall–Kier alpha value is -3.76. The summed E-state index contributed by atoms with van der Waals surface area (Å²) in [6.45, 7) is 0. The molecule has 230 valence electrons. The molecule has 4 saturated heterocycles. The van der Waals surface area contributed by atoms with Crippen LogP contribution >= 0.6 is 0 Å². The molecule has 0 amide bonds. The Labute approximate surface area is 251 Å². The lowest BCUT2D eigenvalue weighted by atomic mass is 9.87. The largest absolute Gasteiger partial charge is 0.481 e. The van der Waals surface area contributed by atoms with E-state index in [2.05, 4.69) is 9.80 Å². The molecule has 10 nitrogen and oxygen atoms in total. The molecule has 4 heterocycles. The third kappa shape index (κ3) is 6.45. The third-order valence-electron chi connectivity index (χ3n) is 9.72. The molecule has 0 radical (unpaired) electrons. The number of benzene rings is 2. The van der Waals surface area contributed by atoms with Gasteiger partial charge in [0.2, 0.25) is 0 Å². The van der Waals surface area contributed by atoms with E-state index in [9.17, 15) is 24.3 Å². The maximum Gasteiger partial charge on any atom is 0.338 e. The van der Waals surface area contributed by atoms with E-state index in [0.717, 1.165) is 25.7 Å². The van der Waals surface area contributed by atoms with Crippen LogP contribution in [0.4, 0.5) is 0 Å². The second kappa shape index (κ2) is 13.3. The van der Waals surface area contributed by atoms with Crippen molar-refractivity contribution < 1.29 is 38.5 Å². The molecule has 0 aromatic heterocycles. The predicted molar refractivity (Wildman–Crippen MR) is 156 cm³/mol. The summed E-state index contributed by atoms with van der Waals surface area (Å²) in [5.41, 5.74) is 0.977. The Balaban J connectivity index is 0.000000171. The van der Waals surface area contributed by atoms with Crippen LogP contribution in [-0.4, -0.2) is 96.4 Å². The third-order valence-corrected chi connectivity index (χ3v) is 9.72. The number of carboxylic acid groups (broad SMARTS) is 1. The number of aliphatic carboxylic acids is 1. The van der Waals surface area contributed by atoms with E-state index in [1.807, 2.05) is 26.2 Å². The van der Waals surface area contributed by atoms with Crippen LogP contribution in [-0.2, 0) is 23.8 Å². The molecule has 2 aromatic carbocycles. The summed E-state index contributed by atoms with van der Waals surface area (Å²) in [7, 11) is 5.39. The quantitative estimate of drug-likeness (QED) is 0.393. The van der Waals surface area contributed by atoms with Crippen molar-refractivity contribution in [1.29, 1.82) is 0 Å². The van der Waals surface area contributed by atoms with Gasteiger partial charge in [0, 0.05) is 37.0 Å². The van der Waals surface area contributed by atoms with Gasteiger partial charge in [-0.15, -0.1) is 0 Å². The van der Waals surface area contributed by atoms with Gasteiger partial charge in [-0.05, 0) is 64.0 Å². The minimum absolute atomic E-state index is 0.0326. The highest BCUT2D eigenvalue weighted by molar-refractivity contribution is 5.90. The fraction of sp³-hybridized carbons (Fsp3) is 0.515. The zero-order valence-electron chi connectivity index (χ0n) is 24.8. The monoisotopic (exact) mass is 592 g/mol. The van der Waals surface area contributed by atoms with E-state index in [4.69, 9.17) is 14.2 Å². The number of carboxylic acids is 1. The number of hydrogen-bond acceptors (Lipinski definition) is 9. The number of methoxy groups -OCH3 is 1. The standard InChI is InChI=1S/C17H21NO4.C16H19NO4/c1-18-12-8-9-13(18)15(17(20)21-2)14(10-12)22-16(19)11-6-4-3-5-7-11;1-17-11-7-8-12(17)14(15(18)19)13(9-11)21-16(20)10-5-3-2-4-6-10/h3-7,12-15H,8-10H2,1-2H3;2-6,11-14H,7-9H2,1H3,(H,18,19)/t12-,13+,14-,15+;11-,12+,13-,14+/m00/s1. The van der Waals surface area contributed by atoms with Crippen LogP contribution in [0, 0.1) is 11.8 Å². The van der Waals surface area contributed by atoms with Crippen LogP contribution in [0.15, 0.2) is 60.7 Å². The highest BCUT2D eigenvalue weighted by Crippen LogP contribution is 2.41. The molecular weight excluding hydrogens is 552 g/mol. The Morgan fingerprint density at radius 1 is 0.674 bits per heavy atom. The average molecular weight is 593 g/mol. The SMILES string of the molecule is CN1[C@H]2CC[C@@H]1[C@@H](C(=O)O)[C@@H](OC(=O)c1ccccc1)C2.COC(=O)[C@H]1[C@@H](OC(=O)c2ccccc2)C[C@@H]2CC[C@H]1N2C. The molecule has 4 aliphatic rings. The van der Waals surface area contributed by atoms with Crippen molar-refractivity contribution in [3.8, 4) is 0 Å². The van der Waals surface area contributed by atoms with E-state index in [1.54, 1.807) is 48.5 Å². The number of ether oxygens (including phenoxy) is 3. The number of carbonyl (C=O) groups excluding carboxylic acids is 3. The molecule has 43 heavy (non-hydrogen) atoms.